The van der Waals surface area contributed by atoms with Crippen LogP contribution in [-0.4, -0.2) is 70.1 Å². The Labute approximate surface area is 186 Å². The van der Waals surface area contributed by atoms with Gasteiger partial charge >= 0.3 is 0 Å². The van der Waals surface area contributed by atoms with Gasteiger partial charge in [-0.05, 0) is 24.3 Å². The van der Waals surface area contributed by atoms with E-state index in [9.17, 15) is 17.6 Å². The summed E-state index contributed by atoms with van der Waals surface area (Å²) in [5, 5.41) is 6.94. The van der Waals surface area contributed by atoms with E-state index in [1.165, 1.54) is 23.1 Å². The first-order chi connectivity index (χ1) is 15.9. The second-order valence-corrected chi connectivity index (χ2v) is 7.92. The highest BCUT2D eigenvalue weighted by Gasteiger charge is 2.29. The molecule has 4 heterocycles. The monoisotopic (exact) mass is 463 g/mol. The molecule has 0 bridgehead atoms. The van der Waals surface area contributed by atoms with Crippen molar-refractivity contribution < 1.29 is 22.3 Å². The highest BCUT2D eigenvalue weighted by atomic mass is 19.3. The summed E-state index contributed by atoms with van der Waals surface area (Å²) in [5.74, 6) is -0.863. The quantitative estimate of drug-likeness (QED) is 0.564. The van der Waals surface area contributed by atoms with Gasteiger partial charge in [0, 0.05) is 37.8 Å². The topological polar surface area (TPSA) is 71.3 Å². The maximum atomic E-state index is 13.6. The van der Waals surface area contributed by atoms with Crippen molar-refractivity contribution in [3.8, 4) is 5.69 Å². The van der Waals surface area contributed by atoms with Crippen LogP contribution >= 0.6 is 0 Å². The first kappa shape index (κ1) is 21.6. The molecule has 0 atom stereocenters. The molecule has 174 valence electrons. The molecule has 1 aromatic carbocycles. The first-order valence-electron chi connectivity index (χ1n) is 10.5. The van der Waals surface area contributed by atoms with Crippen molar-refractivity contribution in [3.63, 3.8) is 0 Å². The Hall–Kier alpha value is -3.25. The van der Waals surface area contributed by atoms with Gasteiger partial charge in [-0.1, -0.05) is 0 Å². The van der Waals surface area contributed by atoms with Crippen molar-refractivity contribution in [1.82, 2.24) is 24.6 Å². The number of ether oxygens (including phenoxy) is 1. The lowest BCUT2D eigenvalue weighted by atomic mass is 10.1. The van der Waals surface area contributed by atoms with E-state index in [1.807, 2.05) is 4.90 Å². The molecule has 1 N–H and O–H groups in total. The van der Waals surface area contributed by atoms with Crippen molar-refractivity contribution >= 4 is 17.6 Å². The minimum absolute atomic E-state index is 0.0549. The first-order valence-corrected chi connectivity index (χ1v) is 10.5. The smallest absolute Gasteiger partial charge is 0.264 e. The Bertz CT molecular complexity index is 1110. The third-order valence-electron chi connectivity index (χ3n) is 5.70. The summed E-state index contributed by atoms with van der Waals surface area (Å²) in [6.07, 6.45) is -1.42. The summed E-state index contributed by atoms with van der Waals surface area (Å²) in [6.45, 7) is 4.38. The zero-order valence-corrected chi connectivity index (χ0v) is 17.5. The number of nitrogens with one attached hydrogen (secondary N) is 1. The van der Waals surface area contributed by atoms with Gasteiger partial charge < -0.3 is 15.0 Å². The summed E-state index contributed by atoms with van der Waals surface area (Å²) in [5.41, 5.74) is -0.0401. The average Bonchev–Trinajstić information content (AvgIpc) is 3.21. The van der Waals surface area contributed by atoms with Gasteiger partial charge in [-0.3, -0.25) is 4.90 Å². The van der Waals surface area contributed by atoms with E-state index in [0.717, 1.165) is 44.5 Å². The molecule has 2 fully saturated rings. The van der Waals surface area contributed by atoms with E-state index < -0.39 is 18.1 Å². The molecule has 0 spiro atoms. The van der Waals surface area contributed by atoms with E-state index in [4.69, 9.17) is 4.74 Å². The van der Waals surface area contributed by atoms with E-state index in [2.05, 4.69) is 25.3 Å². The van der Waals surface area contributed by atoms with Crippen LogP contribution < -0.4 is 10.2 Å². The maximum absolute atomic E-state index is 13.6. The van der Waals surface area contributed by atoms with Crippen LogP contribution in [0.2, 0.25) is 0 Å². The van der Waals surface area contributed by atoms with Crippen molar-refractivity contribution in [3.05, 3.63) is 53.9 Å². The fourth-order valence-corrected chi connectivity index (χ4v) is 3.87. The highest BCUT2D eigenvalue weighted by Crippen LogP contribution is 2.28. The van der Waals surface area contributed by atoms with Crippen LogP contribution in [0.25, 0.3) is 5.69 Å². The van der Waals surface area contributed by atoms with Crippen LogP contribution in [0.15, 0.2) is 36.7 Å². The number of pyridine rings is 1. The molecule has 0 saturated carbocycles. The van der Waals surface area contributed by atoms with Crippen LogP contribution in [0.5, 0.6) is 0 Å². The minimum Gasteiger partial charge on any atom is -0.378 e. The van der Waals surface area contributed by atoms with Crippen LogP contribution in [0, 0.1) is 11.6 Å². The number of rotatable bonds is 6. The van der Waals surface area contributed by atoms with Crippen molar-refractivity contribution in [2.45, 2.75) is 12.5 Å². The van der Waals surface area contributed by atoms with Gasteiger partial charge in [0.05, 0.1) is 24.9 Å². The fourth-order valence-electron chi connectivity index (χ4n) is 3.87. The molecule has 0 radical (unpaired) electrons. The lowest BCUT2D eigenvalue weighted by Crippen LogP contribution is -2.56. The Balaban J connectivity index is 1.34. The fraction of sp³-hybridized carbons (Fsp3) is 0.381. The summed E-state index contributed by atoms with van der Waals surface area (Å²) in [7, 11) is 0. The van der Waals surface area contributed by atoms with Gasteiger partial charge in [-0.25, -0.2) is 27.2 Å². The standard InChI is InChI=1S/C21H21F4N7O/c22-14-7-15(23)9-16(8-14)32-12-26-21(29-32)28-18-5-13(20(24)25)6-19(27-18)31-3-1-30(2-4-31)17-10-33-11-17/h5-9,12,17,20H,1-4,10-11H2,(H,27,28,29). The molecule has 2 saturated heterocycles. The predicted octanol–water partition coefficient (Wildman–Crippen LogP) is 3.14. The van der Waals surface area contributed by atoms with Crippen LogP contribution in [-0.2, 0) is 4.74 Å². The van der Waals surface area contributed by atoms with E-state index in [0.29, 0.717) is 24.9 Å². The van der Waals surface area contributed by atoms with Gasteiger partial charge in [0.2, 0.25) is 5.95 Å². The summed E-state index contributed by atoms with van der Waals surface area (Å²) in [4.78, 5) is 12.8. The lowest BCUT2D eigenvalue weighted by Gasteiger charge is -2.42. The molecule has 0 unspecified atom stereocenters. The molecule has 5 rings (SSSR count). The summed E-state index contributed by atoms with van der Waals surface area (Å²) in [6, 6.07) is 6.01. The minimum atomic E-state index is -2.68. The van der Waals surface area contributed by atoms with Gasteiger partial charge in [0.15, 0.2) is 0 Å². The second kappa shape index (κ2) is 8.94. The molecule has 0 aliphatic carbocycles. The van der Waals surface area contributed by atoms with E-state index >= 15 is 0 Å². The third kappa shape index (κ3) is 4.76. The molecule has 8 nitrogen and oxygen atoms in total. The molecule has 12 heteroatoms. The normalized spacial score (nSPS) is 17.4. The van der Waals surface area contributed by atoms with Crippen LogP contribution in [0.1, 0.15) is 12.0 Å². The maximum Gasteiger partial charge on any atom is 0.264 e. The summed E-state index contributed by atoms with van der Waals surface area (Å²) < 4.78 is 60.5. The number of anilines is 3. The molecular formula is C21H21F4N7O. The highest BCUT2D eigenvalue weighted by molar-refractivity contribution is 5.56. The molecule has 2 aromatic heterocycles. The largest absolute Gasteiger partial charge is 0.378 e. The Morgan fingerprint density at radius 2 is 1.70 bits per heavy atom. The van der Waals surface area contributed by atoms with E-state index in [1.54, 1.807) is 0 Å². The van der Waals surface area contributed by atoms with Gasteiger partial charge in [0.25, 0.3) is 6.43 Å². The van der Waals surface area contributed by atoms with Crippen LogP contribution in [0.3, 0.4) is 0 Å². The number of alkyl halides is 2. The predicted molar refractivity (Wildman–Crippen MR) is 112 cm³/mol. The van der Waals surface area contributed by atoms with Gasteiger partial charge in [-0.15, -0.1) is 5.10 Å². The second-order valence-electron chi connectivity index (χ2n) is 7.92. The number of benzene rings is 1. The zero-order chi connectivity index (χ0) is 22.9. The lowest BCUT2D eigenvalue weighted by molar-refractivity contribution is -0.0661. The number of nitrogens with zero attached hydrogens (tertiary/aromatic N) is 6. The van der Waals surface area contributed by atoms with Gasteiger partial charge in [-0.2, -0.15) is 4.98 Å². The van der Waals surface area contributed by atoms with Crippen molar-refractivity contribution in [2.24, 2.45) is 0 Å². The third-order valence-corrected chi connectivity index (χ3v) is 5.70. The van der Waals surface area contributed by atoms with Crippen molar-refractivity contribution in [2.75, 3.05) is 49.6 Å². The number of halogens is 4. The van der Waals surface area contributed by atoms with Crippen LogP contribution in [0.4, 0.5) is 35.1 Å². The number of piperazine rings is 1. The number of aromatic nitrogens is 4. The number of hydrogen-bond donors (Lipinski definition) is 1. The average molecular weight is 463 g/mol. The SMILES string of the molecule is Fc1cc(F)cc(-n2cnc(Nc3cc(C(F)F)cc(N4CCN(C5COC5)CC4)n3)n2)c1. The molecule has 0 amide bonds. The zero-order valence-electron chi connectivity index (χ0n) is 17.5. The Morgan fingerprint density at radius 3 is 2.33 bits per heavy atom. The molecular weight excluding hydrogens is 442 g/mol. The molecule has 2 aliphatic rings. The Kier molecular flexibility index (Phi) is 5.85. The molecule has 33 heavy (non-hydrogen) atoms. The van der Waals surface area contributed by atoms with E-state index in [-0.39, 0.29) is 23.0 Å². The summed E-state index contributed by atoms with van der Waals surface area (Å²) >= 11 is 0. The number of hydrogen-bond acceptors (Lipinski definition) is 7. The molecule has 3 aromatic rings. The van der Waals surface area contributed by atoms with Crippen molar-refractivity contribution in [1.29, 1.82) is 0 Å². The van der Waals surface area contributed by atoms with Gasteiger partial charge in [0.1, 0.15) is 29.6 Å². The molecule has 2 aliphatic heterocycles. The Morgan fingerprint density at radius 1 is 0.970 bits per heavy atom.